The van der Waals surface area contributed by atoms with Gasteiger partial charge in [-0.15, -0.1) is 0 Å². The highest BCUT2D eigenvalue weighted by Gasteiger charge is 2.26. The van der Waals surface area contributed by atoms with Crippen LogP contribution in [0.3, 0.4) is 0 Å². The third-order valence-corrected chi connectivity index (χ3v) is 4.39. The molecule has 0 radical (unpaired) electrons. The number of likely N-dealkylation sites (N-methyl/N-ethyl adjacent to an activating group) is 1. The molecule has 0 aromatic heterocycles. The van der Waals surface area contributed by atoms with E-state index in [0.29, 0.717) is 13.1 Å². The Balaban J connectivity index is 4.94. The summed E-state index contributed by atoms with van der Waals surface area (Å²) in [6.45, 7) is 6.18. The zero-order valence-corrected chi connectivity index (χ0v) is 10.7. The van der Waals surface area contributed by atoms with Crippen LogP contribution in [0.4, 0.5) is 0 Å². The molecule has 7 nitrogen and oxygen atoms in total. The summed E-state index contributed by atoms with van der Waals surface area (Å²) in [5.74, 6) is -0.127. The van der Waals surface area contributed by atoms with Crippen LogP contribution < -0.4 is 5.73 Å². The minimum Gasteiger partial charge on any atom is -0.409 e. The van der Waals surface area contributed by atoms with Crippen molar-refractivity contribution in [2.24, 2.45) is 10.9 Å². The third kappa shape index (κ3) is 3.62. The van der Waals surface area contributed by atoms with E-state index in [1.807, 2.05) is 0 Å². The molecule has 3 N–H and O–H groups in total. The average molecular weight is 252 g/mol. The van der Waals surface area contributed by atoms with E-state index in [-0.39, 0.29) is 18.9 Å². The maximum Gasteiger partial charge on any atom is 0.282 e. The molecule has 0 aromatic rings. The van der Waals surface area contributed by atoms with Gasteiger partial charge >= 0.3 is 0 Å². The average Bonchev–Trinajstić information content (AvgIpc) is 2.26. The molecule has 0 fully saturated rings. The number of nitrogens with zero attached hydrogens (tertiary/aromatic N) is 3. The SMILES string of the molecule is CCN(CC)S(=O)(=O)N(CC)CC(N)=NO. The molecule has 96 valence electrons. The van der Waals surface area contributed by atoms with Gasteiger partial charge in [0.1, 0.15) is 0 Å². The van der Waals surface area contributed by atoms with Crippen LogP contribution in [0.25, 0.3) is 0 Å². The molecule has 0 aromatic carbocycles. The van der Waals surface area contributed by atoms with E-state index >= 15 is 0 Å². The smallest absolute Gasteiger partial charge is 0.282 e. The van der Waals surface area contributed by atoms with Crippen molar-refractivity contribution in [1.82, 2.24) is 8.61 Å². The molecule has 0 heterocycles. The van der Waals surface area contributed by atoms with Gasteiger partial charge in [0.2, 0.25) is 0 Å². The molecule has 16 heavy (non-hydrogen) atoms. The number of rotatable bonds is 7. The number of nitrogens with two attached hydrogens (primary N) is 1. The molecule has 0 aliphatic carbocycles. The zero-order chi connectivity index (χ0) is 12.8. The molecule has 0 saturated heterocycles. The second-order valence-corrected chi connectivity index (χ2v) is 5.04. The first-order chi connectivity index (χ1) is 7.43. The Hall–Kier alpha value is -0.860. The highest BCUT2D eigenvalue weighted by molar-refractivity contribution is 7.86. The Morgan fingerprint density at radius 2 is 1.62 bits per heavy atom. The predicted molar refractivity (Wildman–Crippen MR) is 62.5 cm³/mol. The van der Waals surface area contributed by atoms with Gasteiger partial charge in [0.15, 0.2) is 5.84 Å². The van der Waals surface area contributed by atoms with Crippen LogP contribution in [0.5, 0.6) is 0 Å². The largest absolute Gasteiger partial charge is 0.409 e. The van der Waals surface area contributed by atoms with Crippen molar-refractivity contribution in [3.8, 4) is 0 Å². The van der Waals surface area contributed by atoms with Crippen LogP contribution in [0.15, 0.2) is 5.16 Å². The Bertz CT molecular complexity index is 324. The van der Waals surface area contributed by atoms with Crippen molar-refractivity contribution in [3.63, 3.8) is 0 Å². The summed E-state index contributed by atoms with van der Waals surface area (Å²) in [6.07, 6.45) is 0. The number of oxime groups is 1. The van der Waals surface area contributed by atoms with E-state index in [4.69, 9.17) is 10.9 Å². The summed E-state index contributed by atoms with van der Waals surface area (Å²) in [5, 5.41) is 11.2. The summed E-state index contributed by atoms with van der Waals surface area (Å²) >= 11 is 0. The van der Waals surface area contributed by atoms with E-state index < -0.39 is 10.2 Å². The highest BCUT2D eigenvalue weighted by atomic mass is 32.2. The fourth-order valence-electron chi connectivity index (χ4n) is 1.28. The van der Waals surface area contributed by atoms with E-state index in [0.717, 1.165) is 4.31 Å². The van der Waals surface area contributed by atoms with Crippen LogP contribution in [0.2, 0.25) is 0 Å². The standard InChI is InChI=1S/C8H20N4O3S/c1-4-11(5-2)16(14,15)12(6-3)7-8(9)10-13/h13H,4-7H2,1-3H3,(H2,9,10). The molecule has 0 amide bonds. The lowest BCUT2D eigenvalue weighted by Gasteiger charge is -2.27. The van der Waals surface area contributed by atoms with Crippen LogP contribution in [-0.2, 0) is 10.2 Å². The molecule has 8 heteroatoms. The van der Waals surface area contributed by atoms with Gasteiger partial charge in [-0.3, -0.25) is 0 Å². The van der Waals surface area contributed by atoms with Crippen molar-refractivity contribution in [2.75, 3.05) is 26.2 Å². The van der Waals surface area contributed by atoms with E-state index in [1.54, 1.807) is 20.8 Å². The molecule has 0 spiro atoms. The molecule has 0 bridgehead atoms. The van der Waals surface area contributed by atoms with Crippen molar-refractivity contribution in [1.29, 1.82) is 0 Å². The fourth-order valence-corrected chi connectivity index (χ4v) is 2.88. The maximum atomic E-state index is 12.0. The van der Waals surface area contributed by atoms with Crippen LogP contribution in [0, 0.1) is 0 Å². The maximum absolute atomic E-state index is 12.0. The van der Waals surface area contributed by atoms with E-state index in [1.165, 1.54) is 4.31 Å². The molecule has 0 unspecified atom stereocenters. The van der Waals surface area contributed by atoms with Crippen molar-refractivity contribution < 1.29 is 13.6 Å². The number of amidine groups is 1. The predicted octanol–water partition coefficient (Wildman–Crippen LogP) is -0.359. The van der Waals surface area contributed by atoms with Gasteiger partial charge in [-0.05, 0) is 0 Å². The van der Waals surface area contributed by atoms with E-state index in [9.17, 15) is 8.42 Å². The van der Waals surface area contributed by atoms with Crippen molar-refractivity contribution in [3.05, 3.63) is 0 Å². The zero-order valence-electron chi connectivity index (χ0n) is 9.92. The number of hydrogen-bond donors (Lipinski definition) is 2. The van der Waals surface area contributed by atoms with Gasteiger partial charge in [-0.25, -0.2) is 0 Å². The molecular weight excluding hydrogens is 232 g/mol. The van der Waals surface area contributed by atoms with Gasteiger partial charge in [0.25, 0.3) is 10.2 Å². The minimum absolute atomic E-state index is 0.105. The van der Waals surface area contributed by atoms with Gasteiger partial charge in [0, 0.05) is 19.6 Å². The normalized spacial score (nSPS) is 13.7. The van der Waals surface area contributed by atoms with Crippen molar-refractivity contribution in [2.45, 2.75) is 20.8 Å². The first-order valence-electron chi connectivity index (χ1n) is 5.15. The number of hydrogen-bond acceptors (Lipinski definition) is 4. The highest BCUT2D eigenvalue weighted by Crippen LogP contribution is 2.07. The van der Waals surface area contributed by atoms with Crippen LogP contribution in [-0.4, -0.2) is 54.3 Å². The molecule has 0 atom stereocenters. The molecule has 0 aliphatic rings. The van der Waals surface area contributed by atoms with Crippen molar-refractivity contribution >= 4 is 16.0 Å². The Labute approximate surface area is 96.7 Å². The second kappa shape index (κ2) is 6.66. The van der Waals surface area contributed by atoms with Gasteiger partial charge in [-0.1, -0.05) is 25.9 Å². The van der Waals surface area contributed by atoms with Gasteiger partial charge < -0.3 is 10.9 Å². The molecule has 0 saturated carbocycles. The van der Waals surface area contributed by atoms with Crippen LogP contribution >= 0.6 is 0 Å². The van der Waals surface area contributed by atoms with Gasteiger partial charge in [0.05, 0.1) is 6.54 Å². The minimum atomic E-state index is -3.52. The second-order valence-electron chi connectivity index (χ2n) is 3.11. The van der Waals surface area contributed by atoms with Gasteiger partial charge in [-0.2, -0.15) is 17.0 Å². The van der Waals surface area contributed by atoms with Crippen LogP contribution in [0.1, 0.15) is 20.8 Å². The molecule has 0 rings (SSSR count). The third-order valence-electron chi connectivity index (χ3n) is 2.18. The Morgan fingerprint density at radius 1 is 1.19 bits per heavy atom. The molecular formula is C8H20N4O3S. The Morgan fingerprint density at radius 3 is 1.94 bits per heavy atom. The lowest BCUT2D eigenvalue weighted by molar-refractivity contribution is 0.313. The fraction of sp³-hybridized carbons (Fsp3) is 0.875. The first-order valence-corrected chi connectivity index (χ1v) is 6.55. The monoisotopic (exact) mass is 252 g/mol. The quantitative estimate of drug-likeness (QED) is 0.280. The summed E-state index contributed by atoms with van der Waals surface area (Å²) in [5.41, 5.74) is 5.30. The molecule has 0 aliphatic heterocycles. The summed E-state index contributed by atoms with van der Waals surface area (Å²) < 4.78 is 26.6. The van der Waals surface area contributed by atoms with E-state index in [2.05, 4.69) is 5.16 Å². The Kier molecular flexibility index (Phi) is 6.31. The topological polar surface area (TPSA) is 99.2 Å². The summed E-state index contributed by atoms with van der Waals surface area (Å²) in [4.78, 5) is 0. The lowest BCUT2D eigenvalue weighted by atomic mass is 10.6. The first kappa shape index (κ1) is 15.1. The summed E-state index contributed by atoms with van der Waals surface area (Å²) in [6, 6.07) is 0. The lowest BCUT2D eigenvalue weighted by Crippen LogP contribution is -2.46. The summed E-state index contributed by atoms with van der Waals surface area (Å²) in [7, 11) is -3.52.